The molecule has 24 heavy (non-hydrogen) atoms. The first kappa shape index (κ1) is 17.3. The Balaban J connectivity index is 2.05. The Bertz CT molecular complexity index is 708. The molecule has 0 aliphatic carbocycles. The average molecular weight is 329 g/mol. The van der Waals surface area contributed by atoms with Gasteiger partial charge in [0.25, 0.3) is 0 Å². The van der Waals surface area contributed by atoms with Crippen molar-refractivity contribution in [3.05, 3.63) is 54.1 Å². The minimum Gasteiger partial charge on any atom is -0.497 e. The van der Waals surface area contributed by atoms with Crippen LogP contribution in [0.25, 0.3) is 6.08 Å². The molecule has 2 rings (SSSR count). The molecule has 1 aromatic heterocycles. The van der Waals surface area contributed by atoms with Crippen molar-refractivity contribution in [1.82, 2.24) is 14.9 Å². The van der Waals surface area contributed by atoms with Crippen LogP contribution in [0.3, 0.4) is 0 Å². The summed E-state index contributed by atoms with van der Waals surface area (Å²) in [6.07, 6.45) is 6.16. The highest BCUT2D eigenvalue weighted by atomic mass is 16.5. The van der Waals surface area contributed by atoms with Gasteiger partial charge < -0.3 is 19.7 Å². The number of H-pyrrole nitrogens is 1. The molecule has 1 aromatic carbocycles. The van der Waals surface area contributed by atoms with Crippen LogP contribution in [-0.4, -0.2) is 52.1 Å². The molecular weight excluding hydrogens is 310 g/mol. The smallest absolute Gasteiger partial charge is 0.326 e. The summed E-state index contributed by atoms with van der Waals surface area (Å²) in [4.78, 5) is 31.6. The molecule has 1 amide bonds. The molecule has 0 aliphatic heterocycles. The van der Waals surface area contributed by atoms with Crippen molar-refractivity contribution >= 4 is 18.0 Å². The van der Waals surface area contributed by atoms with Crippen molar-refractivity contribution in [2.75, 3.05) is 14.2 Å². The SMILES string of the molecule is COc1ccc(C=CC(=O)N(C)[C@@H](Cc2cnc[nH]2)C(=O)O)cc1. The molecular formula is C17H19N3O4. The number of nitrogens with one attached hydrogen (secondary N) is 1. The zero-order valence-electron chi connectivity index (χ0n) is 13.5. The molecule has 7 nitrogen and oxygen atoms in total. The largest absolute Gasteiger partial charge is 0.497 e. The summed E-state index contributed by atoms with van der Waals surface area (Å²) in [5, 5.41) is 9.37. The van der Waals surface area contributed by atoms with E-state index in [0.29, 0.717) is 5.69 Å². The number of carbonyl (C=O) groups is 2. The third-order valence-corrected chi connectivity index (χ3v) is 3.60. The molecule has 0 spiro atoms. The Morgan fingerprint density at radius 3 is 2.62 bits per heavy atom. The van der Waals surface area contributed by atoms with Crippen LogP contribution in [0.1, 0.15) is 11.3 Å². The van der Waals surface area contributed by atoms with E-state index in [1.54, 1.807) is 31.5 Å². The summed E-state index contributed by atoms with van der Waals surface area (Å²) in [5.41, 5.74) is 1.47. The number of nitrogens with zero attached hydrogens (tertiary/aromatic N) is 2. The summed E-state index contributed by atoms with van der Waals surface area (Å²) in [5.74, 6) is -0.739. The predicted octanol–water partition coefficient (Wildman–Crippen LogP) is 1.59. The topological polar surface area (TPSA) is 95.5 Å². The molecule has 2 N–H and O–H groups in total. The van der Waals surface area contributed by atoms with Gasteiger partial charge in [-0.3, -0.25) is 4.79 Å². The first-order chi connectivity index (χ1) is 11.5. The summed E-state index contributed by atoms with van der Waals surface area (Å²) < 4.78 is 5.07. The highest BCUT2D eigenvalue weighted by Crippen LogP contribution is 2.13. The van der Waals surface area contributed by atoms with Crippen LogP contribution >= 0.6 is 0 Å². The molecule has 2 aromatic rings. The molecule has 0 aliphatic rings. The molecule has 1 heterocycles. The monoisotopic (exact) mass is 329 g/mol. The van der Waals surface area contributed by atoms with Crippen molar-refractivity contribution < 1.29 is 19.4 Å². The van der Waals surface area contributed by atoms with E-state index >= 15 is 0 Å². The zero-order valence-corrected chi connectivity index (χ0v) is 13.5. The van der Waals surface area contributed by atoms with Crippen LogP contribution < -0.4 is 4.74 Å². The predicted molar refractivity (Wildman–Crippen MR) is 88.5 cm³/mol. The first-order valence-corrected chi connectivity index (χ1v) is 7.30. The lowest BCUT2D eigenvalue weighted by atomic mass is 10.1. The number of aromatic nitrogens is 2. The van der Waals surface area contributed by atoms with Crippen molar-refractivity contribution in [3.8, 4) is 5.75 Å². The number of aromatic amines is 1. The van der Waals surface area contributed by atoms with Crippen molar-refractivity contribution in [2.24, 2.45) is 0 Å². The lowest BCUT2D eigenvalue weighted by Crippen LogP contribution is -2.43. The van der Waals surface area contributed by atoms with Gasteiger partial charge in [-0.1, -0.05) is 12.1 Å². The third-order valence-electron chi connectivity index (χ3n) is 3.60. The van der Waals surface area contributed by atoms with E-state index in [9.17, 15) is 14.7 Å². The maximum absolute atomic E-state index is 12.2. The lowest BCUT2D eigenvalue weighted by molar-refractivity contribution is -0.147. The van der Waals surface area contributed by atoms with E-state index in [-0.39, 0.29) is 6.42 Å². The van der Waals surface area contributed by atoms with Crippen molar-refractivity contribution in [2.45, 2.75) is 12.5 Å². The van der Waals surface area contributed by atoms with E-state index in [2.05, 4.69) is 9.97 Å². The molecule has 0 radical (unpaired) electrons. The molecule has 0 bridgehead atoms. The quantitative estimate of drug-likeness (QED) is 0.752. The number of amides is 1. The highest BCUT2D eigenvalue weighted by Gasteiger charge is 2.26. The molecule has 1 atom stereocenters. The molecule has 0 saturated carbocycles. The number of imidazole rings is 1. The zero-order chi connectivity index (χ0) is 17.5. The number of aliphatic carboxylic acids is 1. The number of carboxylic acids is 1. The second-order valence-electron chi connectivity index (χ2n) is 5.19. The first-order valence-electron chi connectivity index (χ1n) is 7.30. The Kier molecular flexibility index (Phi) is 5.73. The normalized spacial score (nSPS) is 12.1. The van der Waals surface area contributed by atoms with Gasteiger partial charge in [0.05, 0.1) is 13.4 Å². The van der Waals surface area contributed by atoms with Crippen molar-refractivity contribution in [3.63, 3.8) is 0 Å². The lowest BCUT2D eigenvalue weighted by Gasteiger charge is -2.23. The fourth-order valence-electron chi connectivity index (χ4n) is 2.15. The Morgan fingerprint density at radius 1 is 1.38 bits per heavy atom. The summed E-state index contributed by atoms with van der Waals surface area (Å²) in [6.45, 7) is 0. The molecule has 126 valence electrons. The Labute approximate surface area is 139 Å². The van der Waals surface area contributed by atoms with Gasteiger partial charge in [0.1, 0.15) is 11.8 Å². The van der Waals surface area contributed by atoms with Crippen LogP contribution in [-0.2, 0) is 16.0 Å². The number of carbonyl (C=O) groups excluding carboxylic acids is 1. The van der Waals surface area contributed by atoms with Gasteiger partial charge in [-0.05, 0) is 23.8 Å². The van der Waals surface area contributed by atoms with Gasteiger partial charge in [-0.2, -0.15) is 0 Å². The van der Waals surface area contributed by atoms with Crippen LogP contribution in [0.5, 0.6) is 5.75 Å². The number of likely N-dealkylation sites (N-methyl/N-ethyl adjacent to an activating group) is 1. The third kappa shape index (κ3) is 4.45. The number of carboxylic acid groups (broad SMARTS) is 1. The molecule has 0 fully saturated rings. The van der Waals surface area contributed by atoms with Gasteiger partial charge in [-0.15, -0.1) is 0 Å². The Hall–Kier alpha value is -3.09. The summed E-state index contributed by atoms with van der Waals surface area (Å²) in [6, 6.07) is 6.21. The second kappa shape index (κ2) is 7.96. The minimum absolute atomic E-state index is 0.161. The van der Waals surface area contributed by atoms with E-state index in [1.165, 1.54) is 24.4 Å². The van der Waals surface area contributed by atoms with E-state index in [0.717, 1.165) is 11.3 Å². The number of rotatable bonds is 7. The van der Waals surface area contributed by atoms with E-state index in [1.807, 2.05) is 12.1 Å². The molecule has 7 heteroatoms. The number of methoxy groups -OCH3 is 1. The number of hydrogen-bond acceptors (Lipinski definition) is 4. The van der Waals surface area contributed by atoms with Gasteiger partial charge >= 0.3 is 5.97 Å². The number of benzene rings is 1. The van der Waals surface area contributed by atoms with Crippen LogP contribution in [0.2, 0.25) is 0 Å². The van der Waals surface area contributed by atoms with E-state index < -0.39 is 17.9 Å². The van der Waals surface area contributed by atoms with Gasteiger partial charge in [0.2, 0.25) is 5.91 Å². The minimum atomic E-state index is -1.07. The van der Waals surface area contributed by atoms with Crippen LogP contribution in [0.4, 0.5) is 0 Å². The van der Waals surface area contributed by atoms with Gasteiger partial charge in [0, 0.05) is 31.4 Å². The Morgan fingerprint density at radius 2 is 2.08 bits per heavy atom. The number of ether oxygens (including phenoxy) is 1. The number of hydrogen-bond donors (Lipinski definition) is 2. The highest BCUT2D eigenvalue weighted by molar-refractivity contribution is 5.94. The van der Waals surface area contributed by atoms with Crippen LogP contribution in [0, 0.1) is 0 Å². The maximum Gasteiger partial charge on any atom is 0.326 e. The van der Waals surface area contributed by atoms with Gasteiger partial charge in [0.15, 0.2) is 0 Å². The summed E-state index contributed by atoms with van der Waals surface area (Å²) >= 11 is 0. The van der Waals surface area contributed by atoms with E-state index in [4.69, 9.17) is 4.74 Å². The summed E-state index contributed by atoms with van der Waals surface area (Å²) in [7, 11) is 3.05. The standard InChI is InChI=1S/C17H19N3O4/c1-20(15(17(22)23)9-13-10-18-11-19-13)16(21)8-5-12-3-6-14(24-2)7-4-12/h3-8,10-11,15H,9H2,1-2H3,(H,18,19)(H,22,23)/t15-/m0/s1. The van der Waals surface area contributed by atoms with Crippen LogP contribution in [0.15, 0.2) is 42.9 Å². The fourth-order valence-corrected chi connectivity index (χ4v) is 2.15. The van der Waals surface area contributed by atoms with Crippen molar-refractivity contribution in [1.29, 1.82) is 0 Å². The maximum atomic E-state index is 12.2. The fraction of sp³-hybridized carbons (Fsp3) is 0.235. The van der Waals surface area contributed by atoms with Gasteiger partial charge in [-0.25, -0.2) is 9.78 Å². The molecule has 0 saturated heterocycles. The average Bonchev–Trinajstić information content (AvgIpc) is 3.10. The second-order valence-corrected chi connectivity index (χ2v) is 5.19. The molecule has 0 unspecified atom stereocenters.